The summed E-state index contributed by atoms with van der Waals surface area (Å²) >= 11 is 0. The number of aliphatic hydroxyl groups excluding tert-OH is 1. The summed E-state index contributed by atoms with van der Waals surface area (Å²) in [5, 5.41) is 8.78. The molecule has 1 unspecified atom stereocenters. The van der Waals surface area contributed by atoms with E-state index in [1.54, 1.807) is 0 Å². The fourth-order valence-electron chi connectivity index (χ4n) is 1.47. The number of hydrogen-bond donors (Lipinski definition) is 1. The van der Waals surface area contributed by atoms with Crippen LogP contribution in [0.2, 0.25) is 0 Å². The van der Waals surface area contributed by atoms with Crippen LogP contribution in [-0.4, -0.2) is 24.9 Å². The van der Waals surface area contributed by atoms with Crippen LogP contribution in [0.15, 0.2) is 0 Å². The molecule has 60 valence electrons. The normalized spacial score (nSPS) is 25.5. The van der Waals surface area contributed by atoms with Crippen LogP contribution in [-0.2, 0) is 4.74 Å². The molecule has 0 aliphatic carbocycles. The van der Waals surface area contributed by atoms with Gasteiger partial charge in [-0.2, -0.15) is 0 Å². The van der Waals surface area contributed by atoms with E-state index in [-0.39, 0.29) is 0 Å². The topological polar surface area (TPSA) is 29.5 Å². The van der Waals surface area contributed by atoms with Crippen molar-refractivity contribution in [1.82, 2.24) is 0 Å². The molecular formula is C8H16O2. The summed E-state index contributed by atoms with van der Waals surface area (Å²) in [6, 6.07) is 0. The first-order valence-corrected chi connectivity index (χ1v) is 3.85. The SMILES string of the molecule is CC(CO)CC1(C)COC1. The lowest BCUT2D eigenvalue weighted by Gasteiger charge is -2.39. The summed E-state index contributed by atoms with van der Waals surface area (Å²) < 4.78 is 5.10. The average molecular weight is 144 g/mol. The zero-order chi connectivity index (χ0) is 7.61. The molecule has 0 aromatic rings. The molecule has 0 bridgehead atoms. The zero-order valence-electron chi connectivity index (χ0n) is 6.76. The molecular weight excluding hydrogens is 128 g/mol. The Bertz CT molecular complexity index is 108. The van der Waals surface area contributed by atoms with Crippen molar-refractivity contribution in [2.75, 3.05) is 19.8 Å². The molecule has 0 spiro atoms. The van der Waals surface area contributed by atoms with E-state index < -0.39 is 0 Å². The van der Waals surface area contributed by atoms with Crippen molar-refractivity contribution in [3.63, 3.8) is 0 Å². The molecule has 1 aliphatic heterocycles. The molecule has 10 heavy (non-hydrogen) atoms. The number of ether oxygens (including phenoxy) is 1. The molecule has 0 amide bonds. The maximum atomic E-state index is 8.78. The fourth-order valence-corrected chi connectivity index (χ4v) is 1.47. The van der Waals surface area contributed by atoms with E-state index in [1.165, 1.54) is 0 Å². The molecule has 0 aromatic carbocycles. The fraction of sp³-hybridized carbons (Fsp3) is 1.00. The minimum Gasteiger partial charge on any atom is -0.396 e. The van der Waals surface area contributed by atoms with Gasteiger partial charge in [-0.05, 0) is 12.3 Å². The molecule has 0 aromatic heterocycles. The van der Waals surface area contributed by atoms with Gasteiger partial charge in [0.25, 0.3) is 0 Å². The van der Waals surface area contributed by atoms with Crippen LogP contribution in [0.1, 0.15) is 20.3 Å². The van der Waals surface area contributed by atoms with Gasteiger partial charge in [0, 0.05) is 12.0 Å². The number of aliphatic hydroxyl groups is 1. The first kappa shape index (κ1) is 8.02. The molecule has 1 saturated heterocycles. The van der Waals surface area contributed by atoms with Gasteiger partial charge >= 0.3 is 0 Å². The van der Waals surface area contributed by atoms with Gasteiger partial charge in [0.05, 0.1) is 13.2 Å². The predicted molar refractivity (Wildman–Crippen MR) is 39.8 cm³/mol. The highest BCUT2D eigenvalue weighted by molar-refractivity contribution is 4.82. The number of hydrogen-bond acceptors (Lipinski definition) is 2. The molecule has 2 heteroatoms. The third kappa shape index (κ3) is 1.70. The maximum Gasteiger partial charge on any atom is 0.0542 e. The van der Waals surface area contributed by atoms with E-state index in [0.717, 1.165) is 19.6 Å². The Morgan fingerprint density at radius 1 is 1.60 bits per heavy atom. The summed E-state index contributed by atoms with van der Waals surface area (Å²) in [7, 11) is 0. The quantitative estimate of drug-likeness (QED) is 0.641. The molecule has 0 saturated carbocycles. The molecule has 1 rings (SSSR count). The minimum atomic E-state index is 0.301. The van der Waals surface area contributed by atoms with Crippen molar-refractivity contribution >= 4 is 0 Å². The molecule has 1 heterocycles. The van der Waals surface area contributed by atoms with Crippen molar-refractivity contribution in [3.05, 3.63) is 0 Å². The van der Waals surface area contributed by atoms with Gasteiger partial charge in [-0.25, -0.2) is 0 Å². The van der Waals surface area contributed by atoms with Crippen LogP contribution in [0.5, 0.6) is 0 Å². The average Bonchev–Trinajstić information content (AvgIpc) is 1.84. The number of rotatable bonds is 3. The van der Waals surface area contributed by atoms with Gasteiger partial charge in [-0.3, -0.25) is 0 Å². The second-order valence-electron chi connectivity index (χ2n) is 3.80. The van der Waals surface area contributed by atoms with Crippen molar-refractivity contribution in [2.45, 2.75) is 20.3 Å². The molecule has 1 fully saturated rings. The first-order valence-electron chi connectivity index (χ1n) is 3.85. The predicted octanol–water partition coefficient (Wildman–Crippen LogP) is 1.04. The van der Waals surface area contributed by atoms with E-state index in [4.69, 9.17) is 9.84 Å². The lowest BCUT2D eigenvalue weighted by Crippen LogP contribution is -2.41. The lowest BCUT2D eigenvalue weighted by molar-refractivity contribution is -0.114. The van der Waals surface area contributed by atoms with Gasteiger partial charge < -0.3 is 9.84 Å². The zero-order valence-corrected chi connectivity index (χ0v) is 6.76. The highest BCUT2D eigenvalue weighted by atomic mass is 16.5. The Hall–Kier alpha value is -0.0800. The lowest BCUT2D eigenvalue weighted by atomic mass is 9.80. The van der Waals surface area contributed by atoms with Gasteiger partial charge in [0.15, 0.2) is 0 Å². The van der Waals surface area contributed by atoms with Crippen LogP contribution in [0.25, 0.3) is 0 Å². The van der Waals surface area contributed by atoms with Crippen LogP contribution in [0.4, 0.5) is 0 Å². The second-order valence-corrected chi connectivity index (χ2v) is 3.80. The van der Waals surface area contributed by atoms with E-state index in [1.807, 2.05) is 0 Å². The minimum absolute atomic E-state index is 0.301. The summed E-state index contributed by atoms with van der Waals surface area (Å²) in [5.41, 5.74) is 0.363. The third-order valence-electron chi connectivity index (χ3n) is 2.05. The van der Waals surface area contributed by atoms with Gasteiger partial charge in [-0.15, -0.1) is 0 Å². The monoisotopic (exact) mass is 144 g/mol. The molecule has 1 atom stereocenters. The largest absolute Gasteiger partial charge is 0.396 e. The van der Waals surface area contributed by atoms with Crippen LogP contribution in [0.3, 0.4) is 0 Å². The Morgan fingerprint density at radius 3 is 2.50 bits per heavy atom. The molecule has 0 radical (unpaired) electrons. The Morgan fingerprint density at radius 2 is 2.20 bits per heavy atom. The summed E-state index contributed by atoms with van der Waals surface area (Å²) in [4.78, 5) is 0. The standard InChI is InChI=1S/C8H16O2/c1-7(4-9)3-8(2)5-10-6-8/h7,9H,3-6H2,1-2H3. The van der Waals surface area contributed by atoms with Crippen molar-refractivity contribution in [2.24, 2.45) is 11.3 Å². The van der Waals surface area contributed by atoms with Crippen molar-refractivity contribution in [3.8, 4) is 0 Å². The van der Waals surface area contributed by atoms with Gasteiger partial charge in [0.1, 0.15) is 0 Å². The third-order valence-corrected chi connectivity index (χ3v) is 2.05. The smallest absolute Gasteiger partial charge is 0.0542 e. The molecule has 1 N–H and O–H groups in total. The summed E-state index contributed by atoms with van der Waals surface area (Å²) in [5.74, 6) is 0.425. The van der Waals surface area contributed by atoms with Crippen LogP contribution < -0.4 is 0 Å². The summed E-state index contributed by atoms with van der Waals surface area (Å²) in [6.45, 7) is 6.33. The van der Waals surface area contributed by atoms with Crippen molar-refractivity contribution in [1.29, 1.82) is 0 Å². The van der Waals surface area contributed by atoms with Crippen LogP contribution in [0, 0.1) is 11.3 Å². The Kier molecular flexibility index (Phi) is 2.32. The van der Waals surface area contributed by atoms with E-state index >= 15 is 0 Å². The Labute approximate surface area is 62.2 Å². The van der Waals surface area contributed by atoms with Crippen LogP contribution >= 0.6 is 0 Å². The molecule has 1 aliphatic rings. The van der Waals surface area contributed by atoms with E-state index in [2.05, 4.69) is 13.8 Å². The van der Waals surface area contributed by atoms with E-state index in [0.29, 0.717) is 17.9 Å². The maximum absolute atomic E-state index is 8.78. The highest BCUT2D eigenvalue weighted by Gasteiger charge is 2.34. The van der Waals surface area contributed by atoms with Gasteiger partial charge in [0.2, 0.25) is 0 Å². The Balaban J connectivity index is 2.22. The highest BCUT2D eigenvalue weighted by Crippen LogP contribution is 2.33. The van der Waals surface area contributed by atoms with Gasteiger partial charge in [-0.1, -0.05) is 13.8 Å². The molecule has 2 nitrogen and oxygen atoms in total. The van der Waals surface area contributed by atoms with E-state index in [9.17, 15) is 0 Å². The summed E-state index contributed by atoms with van der Waals surface area (Å²) in [6.07, 6.45) is 1.09. The van der Waals surface area contributed by atoms with Crippen molar-refractivity contribution < 1.29 is 9.84 Å². The first-order chi connectivity index (χ1) is 4.66. The second kappa shape index (κ2) is 2.89.